The Labute approximate surface area is 122 Å². The molecule has 0 bridgehead atoms. The van der Waals surface area contributed by atoms with E-state index < -0.39 is 11.4 Å². The molecule has 3 aromatic rings. The molecule has 5 nitrogen and oxygen atoms in total. The molecular weight excluding hydrogens is 322 g/mol. The molecule has 0 spiro atoms. The number of hydrogen-bond acceptors (Lipinski definition) is 3. The van der Waals surface area contributed by atoms with E-state index in [2.05, 4.69) is 25.9 Å². The van der Waals surface area contributed by atoms with E-state index in [1.54, 1.807) is 7.05 Å². The monoisotopic (exact) mass is 331 g/mol. The Balaban J connectivity index is 2.31. The van der Waals surface area contributed by atoms with Gasteiger partial charge in [0.2, 0.25) is 0 Å². The second-order valence-corrected chi connectivity index (χ2v) is 5.26. The highest BCUT2D eigenvalue weighted by Gasteiger charge is 2.08. The van der Waals surface area contributed by atoms with Crippen LogP contribution in [0.5, 0.6) is 0 Å². The molecule has 3 rings (SSSR count). The predicted octanol–water partition coefficient (Wildman–Crippen LogP) is 2.05. The maximum atomic E-state index is 11.6. The molecule has 0 atom stereocenters. The lowest BCUT2D eigenvalue weighted by Gasteiger charge is -2.07. The van der Waals surface area contributed by atoms with Crippen LogP contribution in [0, 0.1) is 0 Å². The van der Waals surface area contributed by atoms with Gasteiger partial charge in [0.1, 0.15) is 5.82 Å². The fraction of sp³-hybridized carbons (Fsp3) is 0.0714. The number of nitrogens with one attached hydrogen (secondary N) is 1. The second-order valence-electron chi connectivity index (χ2n) is 4.41. The first kappa shape index (κ1) is 12.8. The van der Waals surface area contributed by atoms with Gasteiger partial charge in [-0.1, -0.05) is 40.2 Å². The van der Waals surface area contributed by atoms with Crippen LogP contribution in [0.2, 0.25) is 0 Å². The van der Waals surface area contributed by atoms with Crippen molar-refractivity contribution in [3.05, 3.63) is 61.8 Å². The van der Waals surface area contributed by atoms with E-state index in [1.165, 1.54) is 4.57 Å². The highest BCUT2D eigenvalue weighted by atomic mass is 79.9. The van der Waals surface area contributed by atoms with Gasteiger partial charge < -0.3 is 0 Å². The molecule has 0 fully saturated rings. The average molecular weight is 332 g/mol. The lowest BCUT2D eigenvalue weighted by Crippen LogP contribution is -2.31. The van der Waals surface area contributed by atoms with Gasteiger partial charge in [0, 0.05) is 17.1 Å². The first-order valence-corrected chi connectivity index (χ1v) is 6.71. The molecule has 0 aliphatic heterocycles. The Morgan fingerprint density at radius 3 is 2.80 bits per heavy atom. The second kappa shape index (κ2) is 4.72. The van der Waals surface area contributed by atoms with Gasteiger partial charge in [-0.05, 0) is 22.9 Å². The van der Waals surface area contributed by atoms with Crippen molar-refractivity contribution in [2.45, 2.75) is 0 Å². The number of nitrogens with zero attached hydrogens (tertiary/aromatic N) is 2. The molecule has 100 valence electrons. The smallest absolute Gasteiger partial charge is 0.281 e. The van der Waals surface area contributed by atoms with Gasteiger partial charge in [-0.2, -0.15) is 4.98 Å². The molecular formula is C14H10BrN3O2. The van der Waals surface area contributed by atoms with Crippen molar-refractivity contribution in [2.24, 2.45) is 7.05 Å². The molecule has 20 heavy (non-hydrogen) atoms. The maximum Gasteiger partial charge on any atom is 0.351 e. The molecule has 1 heterocycles. The Morgan fingerprint density at radius 1 is 1.20 bits per heavy atom. The molecule has 0 saturated carbocycles. The van der Waals surface area contributed by atoms with Gasteiger partial charge in [0.15, 0.2) is 0 Å². The Bertz CT molecular complexity index is 928. The van der Waals surface area contributed by atoms with Crippen molar-refractivity contribution in [3.63, 3.8) is 0 Å². The molecule has 2 aromatic carbocycles. The molecule has 1 aromatic heterocycles. The summed E-state index contributed by atoms with van der Waals surface area (Å²) in [5.41, 5.74) is -0.395. The zero-order chi connectivity index (χ0) is 14.3. The molecule has 6 heteroatoms. The van der Waals surface area contributed by atoms with Gasteiger partial charge in [0.05, 0.1) is 0 Å². The fourth-order valence-corrected chi connectivity index (χ4v) is 2.63. The topological polar surface area (TPSA) is 67.8 Å². The highest BCUT2D eigenvalue weighted by Crippen LogP contribution is 2.27. The van der Waals surface area contributed by atoms with Crippen LogP contribution in [-0.4, -0.2) is 14.5 Å². The summed E-state index contributed by atoms with van der Waals surface area (Å²) >= 11 is 3.49. The first-order valence-electron chi connectivity index (χ1n) is 5.92. The number of benzene rings is 2. The van der Waals surface area contributed by atoms with Crippen LogP contribution in [0.4, 0.5) is 0 Å². The van der Waals surface area contributed by atoms with Crippen molar-refractivity contribution in [2.75, 3.05) is 0 Å². The summed E-state index contributed by atoms with van der Waals surface area (Å²) in [5, 5.41) is 2.07. The number of rotatable bonds is 1. The van der Waals surface area contributed by atoms with E-state index >= 15 is 0 Å². The van der Waals surface area contributed by atoms with E-state index in [1.807, 2.05) is 36.4 Å². The summed E-state index contributed by atoms with van der Waals surface area (Å²) in [6, 6.07) is 11.5. The maximum absolute atomic E-state index is 11.6. The minimum atomic E-state index is -0.641. The number of aromatic nitrogens is 3. The minimum absolute atomic E-state index is 0.348. The first-order chi connectivity index (χ1) is 9.56. The van der Waals surface area contributed by atoms with Gasteiger partial charge in [-0.25, -0.2) is 9.59 Å². The number of fused-ring (bicyclic) bond motifs is 1. The molecule has 0 saturated heterocycles. The predicted molar refractivity (Wildman–Crippen MR) is 80.7 cm³/mol. The van der Waals surface area contributed by atoms with E-state index in [0.717, 1.165) is 20.8 Å². The number of aromatic amines is 1. The summed E-state index contributed by atoms with van der Waals surface area (Å²) < 4.78 is 2.31. The Hall–Kier alpha value is -2.21. The van der Waals surface area contributed by atoms with E-state index in [-0.39, 0.29) is 0 Å². The van der Waals surface area contributed by atoms with Crippen molar-refractivity contribution in [3.8, 4) is 11.4 Å². The summed E-state index contributed by atoms with van der Waals surface area (Å²) in [7, 11) is 1.58. The zero-order valence-electron chi connectivity index (χ0n) is 10.6. The van der Waals surface area contributed by atoms with Crippen LogP contribution in [0.25, 0.3) is 22.2 Å². The lowest BCUT2D eigenvalue weighted by molar-refractivity contribution is 0.764. The highest BCUT2D eigenvalue weighted by molar-refractivity contribution is 9.10. The molecule has 0 aliphatic rings. The molecule has 0 unspecified atom stereocenters. The molecule has 0 radical (unpaired) electrons. The van der Waals surface area contributed by atoms with Crippen LogP contribution in [0.3, 0.4) is 0 Å². The third kappa shape index (κ3) is 2.08. The van der Waals surface area contributed by atoms with Crippen molar-refractivity contribution < 1.29 is 0 Å². The SMILES string of the molecule is Cn1c(-c2ccc3c(Br)cccc3c2)nc(=O)[nH]c1=O. The molecule has 1 N–H and O–H groups in total. The van der Waals surface area contributed by atoms with E-state index in [4.69, 9.17) is 0 Å². The van der Waals surface area contributed by atoms with Crippen LogP contribution in [0.1, 0.15) is 0 Å². The minimum Gasteiger partial charge on any atom is -0.281 e. The van der Waals surface area contributed by atoms with Crippen molar-refractivity contribution in [1.82, 2.24) is 14.5 Å². The number of H-pyrrole nitrogens is 1. The Kier molecular flexibility index (Phi) is 3.02. The summed E-state index contributed by atoms with van der Waals surface area (Å²) in [5.74, 6) is 0.348. The number of hydrogen-bond donors (Lipinski definition) is 1. The molecule has 0 aliphatic carbocycles. The zero-order valence-corrected chi connectivity index (χ0v) is 12.1. The quantitative estimate of drug-likeness (QED) is 0.742. The van der Waals surface area contributed by atoms with Crippen LogP contribution in [0.15, 0.2) is 50.5 Å². The van der Waals surface area contributed by atoms with Gasteiger partial charge >= 0.3 is 11.4 Å². The fourth-order valence-electron chi connectivity index (χ4n) is 2.11. The molecule has 0 amide bonds. The van der Waals surface area contributed by atoms with Crippen molar-refractivity contribution >= 4 is 26.7 Å². The van der Waals surface area contributed by atoms with Crippen LogP contribution in [-0.2, 0) is 7.05 Å². The van der Waals surface area contributed by atoms with Gasteiger partial charge in [0.25, 0.3) is 0 Å². The standard InChI is InChI=1S/C14H10BrN3O2/c1-18-12(16-13(19)17-14(18)20)9-5-6-10-8(7-9)3-2-4-11(10)15/h2-7H,1H3,(H,17,19,20). The normalized spacial score (nSPS) is 10.9. The summed E-state index contributed by atoms with van der Waals surface area (Å²) in [4.78, 5) is 29.0. The third-order valence-corrected chi connectivity index (χ3v) is 3.82. The number of halogens is 1. The van der Waals surface area contributed by atoms with Crippen molar-refractivity contribution in [1.29, 1.82) is 0 Å². The summed E-state index contributed by atoms with van der Waals surface area (Å²) in [6.45, 7) is 0. The van der Waals surface area contributed by atoms with E-state index in [0.29, 0.717) is 5.82 Å². The van der Waals surface area contributed by atoms with Gasteiger partial charge in [-0.15, -0.1) is 0 Å². The third-order valence-electron chi connectivity index (χ3n) is 3.13. The Morgan fingerprint density at radius 2 is 2.00 bits per heavy atom. The van der Waals surface area contributed by atoms with Crippen LogP contribution >= 0.6 is 15.9 Å². The summed E-state index contributed by atoms with van der Waals surface area (Å²) in [6.07, 6.45) is 0. The van der Waals surface area contributed by atoms with Gasteiger partial charge in [-0.3, -0.25) is 9.55 Å². The largest absolute Gasteiger partial charge is 0.351 e. The van der Waals surface area contributed by atoms with E-state index in [9.17, 15) is 9.59 Å². The average Bonchev–Trinajstić information content (AvgIpc) is 2.43. The lowest BCUT2D eigenvalue weighted by atomic mass is 10.1. The van der Waals surface area contributed by atoms with Crippen LogP contribution < -0.4 is 11.4 Å².